The lowest BCUT2D eigenvalue weighted by Gasteiger charge is -2.24. The van der Waals surface area contributed by atoms with Crippen LogP contribution in [0.4, 0.5) is 0 Å². The Morgan fingerprint density at radius 1 is 0.667 bits per heavy atom. The first kappa shape index (κ1) is 28.8. The first-order chi connectivity index (χ1) is 19.9. The fourth-order valence-corrected chi connectivity index (χ4v) is 4.91. The molecule has 0 aliphatic rings. The molecule has 0 aliphatic heterocycles. The number of aryl methyl sites for hydroxylation is 3. The third kappa shape index (κ3) is 5.98. The van der Waals surface area contributed by atoms with Crippen LogP contribution in [-0.4, -0.2) is 25.2 Å². The number of aromatic nitrogens is 3. The smallest absolute Gasteiger partial charge is 0.167 e. The Kier molecular flexibility index (Phi) is 7.74. The Morgan fingerprint density at radius 3 is 1.69 bits per heavy atom. The molecule has 1 aromatic heterocycles. The summed E-state index contributed by atoms with van der Waals surface area (Å²) in [7, 11) is 0. The van der Waals surface area contributed by atoms with Crippen molar-refractivity contribution in [2.24, 2.45) is 0 Å². The molecule has 0 fully saturated rings. The summed E-state index contributed by atoms with van der Waals surface area (Å²) in [6.45, 7) is 14.5. The fourth-order valence-electron chi connectivity index (χ4n) is 4.91. The number of hydrogen-bond donors (Lipinski definition) is 2. The minimum atomic E-state index is -0.172. The quantitative estimate of drug-likeness (QED) is 0.217. The summed E-state index contributed by atoms with van der Waals surface area (Å²) >= 11 is 0. The highest BCUT2D eigenvalue weighted by molar-refractivity contribution is 5.70. The molecule has 214 valence electrons. The van der Waals surface area contributed by atoms with Crippen LogP contribution in [0.3, 0.4) is 0 Å². The number of ether oxygens (including phenoxy) is 1. The number of phenolic OH excluding ortho intramolecular Hbond substituents is 2. The molecule has 4 aromatic carbocycles. The predicted octanol–water partition coefficient (Wildman–Crippen LogP) is 8.39. The van der Waals surface area contributed by atoms with Gasteiger partial charge in [-0.05, 0) is 67.5 Å². The number of benzene rings is 4. The molecule has 0 saturated heterocycles. The molecular weight excluding hydrogens is 522 g/mol. The van der Waals surface area contributed by atoms with E-state index in [1.165, 1.54) is 0 Å². The van der Waals surface area contributed by atoms with Crippen LogP contribution in [0.5, 0.6) is 17.2 Å². The molecule has 6 heteroatoms. The number of aromatic hydroxyl groups is 2. The summed E-state index contributed by atoms with van der Waals surface area (Å²) in [5, 5.41) is 22.0. The van der Waals surface area contributed by atoms with E-state index in [1.54, 1.807) is 18.2 Å². The normalized spacial score (nSPS) is 11.5. The average Bonchev–Trinajstić information content (AvgIpc) is 2.95. The molecule has 1 heterocycles. The number of rotatable bonds is 6. The Bertz CT molecular complexity index is 1690. The average molecular weight is 560 g/mol. The number of nitrogens with zero attached hydrogens (tertiary/aromatic N) is 3. The van der Waals surface area contributed by atoms with Crippen molar-refractivity contribution < 1.29 is 14.9 Å². The van der Waals surface area contributed by atoms with Gasteiger partial charge in [-0.2, -0.15) is 0 Å². The van der Waals surface area contributed by atoms with Crippen LogP contribution in [0.2, 0.25) is 0 Å². The van der Waals surface area contributed by atoms with E-state index >= 15 is 0 Å². The van der Waals surface area contributed by atoms with E-state index in [1.807, 2.05) is 82.3 Å². The minimum absolute atomic E-state index is 0.00258. The molecule has 5 aromatic rings. The summed E-state index contributed by atoms with van der Waals surface area (Å²) in [6, 6.07) is 23.2. The maximum Gasteiger partial charge on any atom is 0.167 e. The topological polar surface area (TPSA) is 88.4 Å². The van der Waals surface area contributed by atoms with Gasteiger partial charge < -0.3 is 14.9 Å². The molecule has 6 nitrogen and oxygen atoms in total. The Labute approximate surface area is 247 Å². The van der Waals surface area contributed by atoms with E-state index < -0.39 is 0 Å². The Morgan fingerprint density at radius 2 is 1.19 bits per heavy atom. The SMILES string of the molecule is Cc1ccc(-c2nc(-c3ccc(C)cc3)nc(-c3ccc(OCc4c(C)cc(C(C)(C)C)c(O)c4C)cc3O)n2)cc1. The van der Waals surface area contributed by atoms with Gasteiger partial charge >= 0.3 is 0 Å². The van der Waals surface area contributed by atoms with Crippen molar-refractivity contribution in [3.8, 4) is 51.4 Å². The fraction of sp³-hybridized carbons (Fsp3) is 0.250. The second-order valence-corrected chi connectivity index (χ2v) is 11.9. The number of phenols is 2. The molecule has 0 radical (unpaired) electrons. The Balaban J connectivity index is 1.48. The first-order valence-electron chi connectivity index (χ1n) is 14.1. The van der Waals surface area contributed by atoms with Gasteiger partial charge in [0.05, 0.1) is 5.56 Å². The molecule has 5 rings (SSSR count). The van der Waals surface area contributed by atoms with E-state index in [4.69, 9.17) is 19.7 Å². The second-order valence-electron chi connectivity index (χ2n) is 11.9. The zero-order valence-electron chi connectivity index (χ0n) is 25.3. The van der Waals surface area contributed by atoms with Crippen LogP contribution in [0.25, 0.3) is 34.2 Å². The van der Waals surface area contributed by atoms with Gasteiger partial charge in [0.1, 0.15) is 23.9 Å². The monoisotopic (exact) mass is 559 g/mol. The highest BCUT2D eigenvalue weighted by Crippen LogP contribution is 2.37. The molecule has 42 heavy (non-hydrogen) atoms. The van der Waals surface area contributed by atoms with E-state index in [9.17, 15) is 10.2 Å². The van der Waals surface area contributed by atoms with Gasteiger partial charge in [-0.3, -0.25) is 0 Å². The predicted molar refractivity (Wildman–Crippen MR) is 168 cm³/mol. The van der Waals surface area contributed by atoms with Gasteiger partial charge in [0.15, 0.2) is 17.5 Å². The third-order valence-electron chi connectivity index (χ3n) is 7.56. The summed E-state index contributed by atoms with van der Waals surface area (Å²) in [6.07, 6.45) is 0. The van der Waals surface area contributed by atoms with Crippen molar-refractivity contribution in [3.05, 3.63) is 106 Å². The van der Waals surface area contributed by atoms with Gasteiger partial charge in [-0.25, -0.2) is 15.0 Å². The molecular formula is C36H37N3O3. The van der Waals surface area contributed by atoms with Crippen molar-refractivity contribution in [1.29, 1.82) is 0 Å². The van der Waals surface area contributed by atoms with Crippen LogP contribution in [-0.2, 0) is 12.0 Å². The minimum Gasteiger partial charge on any atom is -0.507 e. The lowest BCUT2D eigenvalue weighted by atomic mass is 9.83. The van der Waals surface area contributed by atoms with Crippen molar-refractivity contribution >= 4 is 0 Å². The lowest BCUT2D eigenvalue weighted by Crippen LogP contribution is -2.14. The second kappa shape index (κ2) is 11.3. The highest BCUT2D eigenvalue weighted by Gasteiger charge is 2.22. The summed E-state index contributed by atoms with van der Waals surface area (Å²) in [4.78, 5) is 14.2. The van der Waals surface area contributed by atoms with E-state index in [-0.39, 0.29) is 17.8 Å². The highest BCUT2D eigenvalue weighted by atomic mass is 16.5. The molecule has 0 aliphatic carbocycles. The molecule has 0 spiro atoms. The lowest BCUT2D eigenvalue weighted by molar-refractivity contribution is 0.301. The molecule has 0 unspecified atom stereocenters. The summed E-state index contributed by atoms with van der Waals surface area (Å²) < 4.78 is 6.09. The van der Waals surface area contributed by atoms with E-state index in [0.29, 0.717) is 34.5 Å². The number of hydrogen-bond acceptors (Lipinski definition) is 6. The van der Waals surface area contributed by atoms with Crippen molar-refractivity contribution in [2.45, 2.75) is 60.5 Å². The van der Waals surface area contributed by atoms with Gasteiger partial charge in [-0.15, -0.1) is 0 Å². The zero-order chi connectivity index (χ0) is 30.2. The van der Waals surface area contributed by atoms with Gasteiger partial charge in [0.2, 0.25) is 0 Å². The van der Waals surface area contributed by atoms with Crippen molar-refractivity contribution in [2.75, 3.05) is 0 Å². The van der Waals surface area contributed by atoms with Gasteiger partial charge in [0, 0.05) is 17.2 Å². The maximum atomic E-state index is 11.1. The Hall–Kier alpha value is -4.71. The van der Waals surface area contributed by atoms with Crippen LogP contribution in [0.15, 0.2) is 72.8 Å². The molecule has 2 N–H and O–H groups in total. The standard InChI is InChI=1S/C36H37N3O3/c1-21-8-12-25(13-9-21)33-37-34(26-14-10-22(2)11-15-26)39-35(38-33)28-17-16-27(19-31(28)40)42-20-29-23(3)18-30(36(5,6)7)32(41)24(29)4/h8-19,40-41H,20H2,1-7H3. The van der Waals surface area contributed by atoms with Crippen molar-refractivity contribution in [3.63, 3.8) is 0 Å². The molecule has 0 amide bonds. The first-order valence-corrected chi connectivity index (χ1v) is 14.1. The van der Waals surface area contributed by atoms with Gasteiger partial charge in [-0.1, -0.05) is 86.5 Å². The molecule has 0 saturated carbocycles. The summed E-state index contributed by atoms with van der Waals surface area (Å²) in [5.41, 5.74) is 8.01. The van der Waals surface area contributed by atoms with Crippen LogP contribution in [0.1, 0.15) is 54.2 Å². The maximum absolute atomic E-state index is 11.1. The summed E-state index contributed by atoms with van der Waals surface area (Å²) in [5.74, 6) is 2.23. The zero-order valence-corrected chi connectivity index (χ0v) is 25.3. The van der Waals surface area contributed by atoms with E-state index in [0.717, 1.165) is 44.5 Å². The van der Waals surface area contributed by atoms with Crippen molar-refractivity contribution in [1.82, 2.24) is 15.0 Å². The van der Waals surface area contributed by atoms with Crippen LogP contribution < -0.4 is 4.74 Å². The van der Waals surface area contributed by atoms with Crippen LogP contribution in [0, 0.1) is 27.7 Å². The van der Waals surface area contributed by atoms with E-state index in [2.05, 4.69) is 20.8 Å². The largest absolute Gasteiger partial charge is 0.507 e. The van der Waals surface area contributed by atoms with Gasteiger partial charge in [0.25, 0.3) is 0 Å². The van der Waals surface area contributed by atoms with Crippen LogP contribution >= 0.6 is 0 Å². The third-order valence-corrected chi connectivity index (χ3v) is 7.56. The molecule has 0 bridgehead atoms. The molecule has 0 atom stereocenters.